The van der Waals surface area contributed by atoms with E-state index in [-0.39, 0.29) is 11.3 Å². The van der Waals surface area contributed by atoms with Crippen molar-refractivity contribution in [3.05, 3.63) is 50.1 Å². The van der Waals surface area contributed by atoms with Crippen LogP contribution in [0.2, 0.25) is 0 Å². The van der Waals surface area contributed by atoms with Gasteiger partial charge in [-0.15, -0.1) is 11.3 Å². The topological polar surface area (TPSA) is 114 Å². The van der Waals surface area contributed by atoms with Gasteiger partial charge in [0, 0.05) is 11.5 Å². The lowest BCUT2D eigenvalue weighted by atomic mass is 10.1. The number of rotatable bonds is 8. The van der Waals surface area contributed by atoms with Crippen LogP contribution in [0.25, 0.3) is 6.08 Å². The molecule has 0 aliphatic heterocycles. The van der Waals surface area contributed by atoms with E-state index in [1.807, 2.05) is 12.3 Å². The first-order valence-electron chi connectivity index (χ1n) is 8.98. The lowest BCUT2D eigenvalue weighted by Gasteiger charge is -2.13. The number of ether oxygens (including phenoxy) is 2. The normalized spacial score (nSPS) is 11.0. The van der Waals surface area contributed by atoms with Crippen LogP contribution in [-0.2, 0) is 4.79 Å². The van der Waals surface area contributed by atoms with E-state index in [0.717, 1.165) is 11.5 Å². The predicted molar refractivity (Wildman–Crippen MR) is 128 cm³/mol. The number of carbonyl (C=O) groups excluding carboxylic acids is 2. The van der Waals surface area contributed by atoms with E-state index in [4.69, 9.17) is 9.47 Å². The van der Waals surface area contributed by atoms with Gasteiger partial charge in [-0.25, -0.2) is 4.79 Å². The van der Waals surface area contributed by atoms with Gasteiger partial charge >= 0.3 is 5.97 Å². The molecule has 0 radical (unpaired) electrons. The zero-order valence-corrected chi connectivity index (χ0v) is 20.8. The summed E-state index contributed by atoms with van der Waals surface area (Å²) in [6.07, 6.45) is 3.23. The van der Waals surface area contributed by atoms with Gasteiger partial charge in [0.1, 0.15) is 16.5 Å². The van der Waals surface area contributed by atoms with Crippen molar-refractivity contribution in [3.63, 3.8) is 0 Å². The third-order valence-electron chi connectivity index (χ3n) is 3.74. The Morgan fingerprint density at radius 2 is 2.22 bits per heavy atom. The van der Waals surface area contributed by atoms with Gasteiger partial charge in [0.25, 0.3) is 5.91 Å². The highest BCUT2D eigenvalue weighted by atomic mass is 79.9. The zero-order chi connectivity index (χ0) is 23.1. The van der Waals surface area contributed by atoms with E-state index in [1.54, 1.807) is 36.6 Å². The average Bonchev–Trinajstić information content (AvgIpc) is 3.46. The van der Waals surface area contributed by atoms with Crippen LogP contribution >= 0.6 is 50.6 Å². The Bertz CT molecular complexity index is 1200. The summed E-state index contributed by atoms with van der Waals surface area (Å²) in [5.74, 6) is -0.615. The molecule has 0 aliphatic rings. The fourth-order valence-electron chi connectivity index (χ4n) is 2.39. The van der Waals surface area contributed by atoms with Gasteiger partial charge in [-0.1, -0.05) is 17.8 Å². The van der Waals surface area contributed by atoms with Gasteiger partial charge in [0.2, 0.25) is 10.3 Å². The van der Waals surface area contributed by atoms with Crippen LogP contribution < -0.4 is 14.8 Å². The molecule has 164 valence electrons. The molecule has 0 fully saturated rings. The third kappa shape index (κ3) is 5.95. The Morgan fingerprint density at radius 3 is 2.84 bits per heavy atom. The number of thioether (sulfide) groups is 1. The van der Waals surface area contributed by atoms with Crippen molar-refractivity contribution in [3.8, 4) is 17.6 Å². The van der Waals surface area contributed by atoms with Crippen LogP contribution in [0.3, 0.4) is 0 Å². The van der Waals surface area contributed by atoms with Gasteiger partial charge in [-0.3, -0.25) is 10.1 Å². The first-order chi connectivity index (χ1) is 15.4. The quantitative estimate of drug-likeness (QED) is 0.133. The van der Waals surface area contributed by atoms with E-state index in [2.05, 4.69) is 30.6 Å². The highest BCUT2D eigenvalue weighted by Gasteiger charge is 2.19. The van der Waals surface area contributed by atoms with E-state index in [0.29, 0.717) is 37.6 Å². The Morgan fingerprint density at radius 1 is 1.41 bits per heavy atom. The Balaban J connectivity index is 1.87. The summed E-state index contributed by atoms with van der Waals surface area (Å²) in [5, 5.41) is 14.7. The molecular formula is C20H15BrN4O4S3. The number of carbonyl (C=O) groups is 2. The number of esters is 1. The molecular weight excluding hydrogens is 536 g/mol. The largest absolute Gasteiger partial charge is 0.490 e. The molecule has 0 bridgehead atoms. The van der Waals surface area contributed by atoms with Crippen molar-refractivity contribution in [2.45, 2.75) is 12.1 Å². The van der Waals surface area contributed by atoms with E-state index in [1.165, 1.54) is 29.2 Å². The maximum atomic E-state index is 12.5. The molecule has 2 aromatic heterocycles. The lowest BCUT2D eigenvalue weighted by molar-refractivity contribution is -0.112. The Hall–Kier alpha value is -2.72. The molecule has 3 aromatic rings. The summed E-state index contributed by atoms with van der Waals surface area (Å²) in [6.45, 7) is 2.12. The number of thiophene rings is 1. The molecule has 0 aliphatic carbocycles. The molecule has 3 rings (SSSR count). The SMILES string of the molecule is CCOc1cc(C=C(C#N)C(=O)Nc2nc(SC)ns2)cc(Br)c1OC(=O)c1cccs1. The molecule has 8 nitrogen and oxygen atoms in total. The van der Waals surface area contributed by atoms with Gasteiger partial charge in [0.15, 0.2) is 11.5 Å². The van der Waals surface area contributed by atoms with Crippen molar-refractivity contribution in [1.29, 1.82) is 5.26 Å². The molecule has 1 aromatic carbocycles. The molecule has 1 amide bonds. The van der Waals surface area contributed by atoms with Crippen LogP contribution in [0.1, 0.15) is 22.2 Å². The maximum Gasteiger partial charge on any atom is 0.353 e. The smallest absolute Gasteiger partial charge is 0.353 e. The molecule has 0 saturated carbocycles. The summed E-state index contributed by atoms with van der Waals surface area (Å²) in [4.78, 5) is 29.5. The summed E-state index contributed by atoms with van der Waals surface area (Å²) in [5.41, 5.74) is 0.369. The van der Waals surface area contributed by atoms with Crippen LogP contribution in [0, 0.1) is 11.3 Å². The molecule has 0 spiro atoms. The lowest BCUT2D eigenvalue weighted by Crippen LogP contribution is -2.13. The molecule has 0 saturated heterocycles. The first kappa shape index (κ1) is 23.9. The number of halogens is 1. The van der Waals surface area contributed by atoms with Crippen molar-refractivity contribution in [2.75, 3.05) is 18.2 Å². The van der Waals surface area contributed by atoms with E-state index >= 15 is 0 Å². The van der Waals surface area contributed by atoms with Crippen molar-refractivity contribution >= 4 is 73.6 Å². The number of nitrogens with zero attached hydrogens (tertiary/aromatic N) is 3. The summed E-state index contributed by atoms with van der Waals surface area (Å²) < 4.78 is 15.6. The highest BCUT2D eigenvalue weighted by molar-refractivity contribution is 9.10. The minimum Gasteiger partial charge on any atom is -0.490 e. The van der Waals surface area contributed by atoms with Crippen LogP contribution in [0.5, 0.6) is 11.5 Å². The second kappa shape index (κ2) is 11.2. The Kier molecular flexibility index (Phi) is 8.40. The summed E-state index contributed by atoms with van der Waals surface area (Å²) in [7, 11) is 0. The van der Waals surface area contributed by atoms with Gasteiger partial charge in [-0.2, -0.15) is 14.6 Å². The molecule has 0 unspecified atom stereocenters. The summed E-state index contributed by atoms with van der Waals surface area (Å²) >= 11 is 7.03. The van der Waals surface area contributed by atoms with Crippen molar-refractivity contribution in [2.24, 2.45) is 0 Å². The fourth-order valence-corrected chi connectivity index (χ4v) is 4.66. The minimum absolute atomic E-state index is 0.136. The van der Waals surface area contributed by atoms with E-state index in [9.17, 15) is 14.9 Å². The number of benzene rings is 1. The van der Waals surface area contributed by atoms with Crippen LogP contribution in [0.15, 0.2) is 44.8 Å². The Labute approximate surface area is 204 Å². The predicted octanol–water partition coefficient (Wildman–Crippen LogP) is 5.25. The molecule has 0 atom stereocenters. The third-order valence-corrected chi connectivity index (χ3v) is 6.47. The number of aromatic nitrogens is 2. The van der Waals surface area contributed by atoms with E-state index < -0.39 is 11.9 Å². The fraction of sp³-hybridized carbons (Fsp3) is 0.150. The van der Waals surface area contributed by atoms with Crippen LogP contribution in [0.4, 0.5) is 5.13 Å². The minimum atomic E-state index is -0.612. The first-order valence-corrected chi connectivity index (χ1v) is 12.6. The number of hydrogen-bond donors (Lipinski definition) is 1. The number of anilines is 1. The molecule has 1 N–H and O–H groups in total. The van der Waals surface area contributed by atoms with Gasteiger partial charge in [-0.05, 0) is 64.3 Å². The molecule has 32 heavy (non-hydrogen) atoms. The zero-order valence-electron chi connectivity index (χ0n) is 16.7. The maximum absolute atomic E-state index is 12.5. The van der Waals surface area contributed by atoms with Gasteiger partial charge < -0.3 is 9.47 Å². The second-order valence-electron chi connectivity index (χ2n) is 5.84. The van der Waals surface area contributed by atoms with Crippen molar-refractivity contribution in [1.82, 2.24) is 9.36 Å². The number of amides is 1. The molecule has 2 heterocycles. The highest BCUT2D eigenvalue weighted by Crippen LogP contribution is 2.38. The van der Waals surface area contributed by atoms with Crippen LogP contribution in [-0.4, -0.2) is 34.1 Å². The monoisotopic (exact) mass is 550 g/mol. The number of nitrogens with one attached hydrogen (secondary N) is 1. The summed E-state index contributed by atoms with van der Waals surface area (Å²) in [6, 6.07) is 8.52. The number of hydrogen-bond acceptors (Lipinski definition) is 10. The molecule has 12 heteroatoms. The number of nitriles is 1. The standard InChI is InChI=1S/C20H15BrN4O4S3/c1-3-28-14-9-11(8-13(21)16(14)29-18(27)15-5-4-6-31-15)7-12(10-22)17(26)23-19-24-20(30-2)25-32-19/h4-9H,3H2,1-2H3,(H,23,24,25,26). The second-order valence-corrected chi connectivity index (χ2v) is 9.17. The van der Waals surface area contributed by atoms with Gasteiger partial charge in [0.05, 0.1) is 11.1 Å². The average molecular weight is 551 g/mol. The van der Waals surface area contributed by atoms with Crippen molar-refractivity contribution < 1.29 is 19.1 Å².